The first-order valence-corrected chi connectivity index (χ1v) is 8.43. The zero-order chi connectivity index (χ0) is 15.8. The molecule has 0 saturated carbocycles. The number of sulfone groups is 1. The third-order valence-electron chi connectivity index (χ3n) is 3.41. The highest BCUT2D eigenvalue weighted by atomic mass is 32.2. The Hall–Kier alpha value is -2.01. The molecule has 0 aliphatic rings. The van der Waals surface area contributed by atoms with Crippen molar-refractivity contribution in [3.8, 4) is 11.5 Å². The number of rotatable bonds is 3. The van der Waals surface area contributed by atoms with Crippen LogP contribution in [0.2, 0.25) is 0 Å². The largest absolute Gasteiger partial charge is 0.455 e. The summed E-state index contributed by atoms with van der Waals surface area (Å²) >= 11 is 0. The summed E-state index contributed by atoms with van der Waals surface area (Å²) in [6.45, 7) is 5.95. The van der Waals surface area contributed by atoms with E-state index in [-0.39, 0.29) is 10.6 Å². The number of hydrogen-bond donors (Lipinski definition) is 1. The Bertz CT molecular complexity index is 795. The number of benzene rings is 2. The fraction of sp³-hybridized carbons (Fsp3) is 0.250. The highest BCUT2D eigenvalue weighted by Gasteiger charge is 2.16. The first-order chi connectivity index (χ1) is 9.70. The van der Waals surface area contributed by atoms with E-state index in [0.29, 0.717) is 11.5 Å². The lowest BCUT2D eigenvalue weighted by atomic mass is 10.1. The van der Waals surface area contributed by atoms with Crippen LogP contribution in [0.1, 0.15) is 16.7 Å². The molecule has 0 saturated heterocycles. The maximum atomic E-state index is 11.7. The highest BCUT2D eigenvalue weighted by Crippen LogP contribution is 2.34. The Morgan fingerprint density at radius 2 is 1.71 bits per heavy atom. The monoisotopic (exact) mass is 305 g/mol. The average molecular weight is 305 g/mol. The minimum absolute atomic E-state index is 0.0852. The van der Waals surface area contributed by atoms with Gasteiger partial charge in [-0.15, -0.1) is 0 Å². The number of nitrogen functional groups attached to an aromatic ring is 1. The van der Waals surface area contributed by atoms with Gasteiger partial charge in [0.15, 0.2) is 15.6 Å². The molecule has 21 heavy (non-hydrogen) atoms. The Balaban J connectivity index is 2.51. The van der Waals surface area contributed by atoms with Gasteiger partial charge in [-0.25, -0.2) is 8.42 Å². The lowest BCUT2D eigenvalue weighted by molar-refractivity contribution is 0.479. The standard InChI is InChI=1S/C16H19NO3S/c1-10-8-11(2)12(3)14(9-10)20-13-6-5-7-15(16(13)17)21(4,18)19/h5-9H,17H2,1-4H3. The Kier molecular flexibility index (Phi) is 3.96. The van der Waals surface area contributed by atoms with E-state index in [1.165, 1.54) is 6.07 Å². The molecule has 2 aromatic carbocycles. The van der Waals surface area contributed by atoms with Gasteiger partial charge in [0.25, 0.3) is 0 Å². The number of ether oxygens (including phenoxy) is 1. The van der Waals surface area contributed by atoms with E-state index < -0.39 is 9.84 Å². The fourth-order valence-corrected chi connectivity index (χ4v) is 2.99. The zero-order valence-electron chi connectivity index (χ0n) is 12.6. The molecule has 0 aromatic heterocycles. The van der Waals surface area contributed by atoms with E-state index >= 15 is 0 Å². The molecule has 0 heterocycles. The highest BCUT2D eigenvalue weighted by molar-refractivity contribution is 7.90. The summed E-state index contributed by atoms with van der Waals surface area (Å²) in [7, 11) is -3.38. The number of para-hydroxylation sites is 1. The van der Waals surface area contributed by atoms with Crippen molar-refractivity contribution in [2.24, 2.45) is 0 Å². The van der Waals surface area contributed by atoms with Crippen LogP contribution < -0.4 is 10.5 Å². The summed E-state index contributed by atoms with van der Waals surface area (Å²) in [5.74, 6) is 1.04. The molecule has 5 heteroatoms. The maximum Gasteiger partial charge on any atom is 0.177 e. The van der Waals surface area contributed by atoms with Gasteiger partial charge < -0.3 is 10.5 Å². The third-order valence-corrected chi connectivity index (χ3v) is 4.56. The summed E-state index contributed by atoms with van der Waals surface area (Å²) in [6, 6.07) is 8.75. The minimum Gasteiger partial charge on any atom is -0.455 e. The third kappa shape index (κ3) is 3.19. The van der Waals surface area contributed by atoms with Gasteiger partial charge in [-0.05, 0) is 55.7 Å². The molecule has 2 aromatic rings. The molecule has 0 radical (unpaired) electrons. The predicted molar refractivity (Wildman–Crippen MR) is 84.7 cm³/mol. The van der Waals surface area contributed by atoms with E-state index in [9.17, 15) is 8.42 Å². The molecule has 4 nitrogen and oxygen atoms in total. The summed E-state index contributed by atoms with van der Waals surface area (Å²) in [4.78, 5) is 0.0852. The van der Waals surface area contributed by atoms with Gasteiger partial charge in [0.05, 0.1) is 10.6 Å². The molecule has 0 spiro atoms. The van der Waals surface area contributed by atoms with E-state index in [0.717, 1.165) is 22.9 Å². The van der Waals surface area contributed by atoms with E-state index in [1.807, 2.05) is 26.8 Å². The van der Waals surface area contributed by atoms with Crippen LogP contribution in [0.3, 0.4) is 0 Å². The molecule has 0 fully saturated rings. The molecule has 2 N–H and O–H groups in total. The smallest absolute Gasteiger partial charge is 0.177 e. The first-order valence-electron chi connectivity index (χ1n) is 6.54. The van der Waals surface area contributed by atoms with Crippen molar-refractivity contribution in [1.29, 1.82) is 0 Å². The van der Waals surface area contributed by atoms with Gasteiger partial charge in [-0.3, -0.25) is 0 Å². The number of nitrogens with two attached hydrogens (primary N) is 1. The van der Waals surface area contributed by atoms with Gasteiger partial charge in [-0.1, -0.05) is 12.1 Å². The lowest BCUT2D eigenvalue weighted by Crippen LogP contribution is -2.04. The molecule has 0 amide bonds. The first kappa shape index (κ1) is 15.4. The van der Waals surface area contributed by atoms with Gasteiger partial charge in [0, 0.05) is 6.26 Å². The van der Waals surface area contributed by atoms with Gasteiger partial charge in [0.2, 0.25) is 0 Å². The molecule has 0 atom stereocenters. The SMILES string of the molecule is Cc1cc(C)c(C)c(Oc2cccc(S(C)(=O)=O)c2N)c1. The molecule has 0 aliphatic heterocycles. The van der Waals surface area contributed by atoms with Crippen LogP contribution in [0.25, 0.3) is 0 Å². The molecular formula is C16H19NO3S. The average Bonchev–Trinajstić information content (AvgIpc) is 2.36. The van der Waals surface area contributed by atoms with E-state index in [2.05, 4.69) is 6.07 Å². The maximum absolute atomic E-state index is 11.7. The van der Waals surface area contributed by atoms with Crippen LogP contribution in [0, 0.1) is 20.8 Å². The minimum atomic E-state index is -3.38. The van der Waals surface area contributed by atoms with Gasteiger partial charge in [0.1, 0.15) is 5.75 Å². The Morgan fingerprint density at radius 3 is 2.33 bits per heavy atom. The van der Waals surface area contributed by atoms with Gasteiger partial charge >= 0.3 is 0 Å². The quantitative estimate of drug-likeness (QED) is 0.882. The van der Waals surface area contributed by atoms with Crippen molar-refractivity contribution < 1.29 is 13.2 Å². The Morgan fingerprint density at radius 1 is 1.05 bits per heavy atom. The van der Waals surface area contributed by atoms with E-state index in [4.69, 9.17) is 10.5 Å². The van der Waals surface area contributed by atoms with Crippen LogP contribution in [-0.2, 0) is 9.84 Å². The van der Waals surface area contributed by atoms with Gasteiger partial charge in [-0.2, -0.15) is 0 Å². The second-order valence-corrected chi connectivity index (χ2v) is 7.23. The van der Waals surface area contributed by atoms with Crippen molar-refractivity contribution in [2.45, 2.75) is 25.7 Å². The molecule has 0 aliphatic carbocycles. The zero-order valence-corrected chi connectivity index (χ0v) is 13.4. The summed E-state index contributed by atoms with van der Waals surface area (Å²) < 4.78 is 29.2. The number of aryl methyl sites for hydroxylation is 2. The van der Waals surface area contributed by atoms with Crippen molar-refractivity contribution >= 4 is 15.5 Å². The van der Waals surface area contributed by atoms with Crippen molar-refractivity contribution in [2.75, 3.05) is 12.0 Å². The Labute approximate surface area is 125 Å². The van der Waals surface area contributed by atoms with E-state index in [1.54, 1.807) is 12.1 Å². The van der Waals surface area contributed by atoms with Crippen LogP contribution in [0.5, 0.6) is 11.5 Å². The van der Waals surface area contributed by atoms with Crippen LogP contribution in [-0.4, -0.2) is 14.7 Å². The molecular weight excluding hydrogens is 286 g/mol. The predicted octanol–water partition coefficient (Wildman–Crippen LogP) is 3.39. The summed E-state index contributed by atoms with van der Waals surface area (Å²) in [5.41, 5.74) is 9.27. The number of anilines is 1. The van der Waals surface area contributed by atoms with Crippen LogP contribution >= 0.6 is 0 Å². The topological polar surface area (TPSA) is 69.4 Å². The molecule has 0 unspecified atom stereocenters. The second kappa shape index (κ2) is 5.41. The summed E-state index contributed by atoms with van der Waals surface area (Å²) in [6.07, 6.45) is 1.13. The van der Waals surface area contributed by atoms with Crippen molar-refractivity contribution in [1.82, 2.24) is 0 Å². The second-order valence-electron chi connectivity index (χ2n) is 5.25. The van der Waals surface area contributed by atoms with Crippen LogP contribution in [0.4, 0.5) is 5.69 Å². The summed E-state index contributed by atoms with van der Waals surface area (Å²) in [5, 5.41) is 0. The molecule has 112 valence electrons. The van der Waals surface area contributed by atoms with Crippen LogP contribution in [0.15, 0.2) is 35.2 Å². The van der Waals surface area contributed by atoms with Crippen molar-refractivity contribution in [3.63, 3.8) is 0 Å². The lowest BCUT2D eigenvalue weighted by Gasteiger charge is -2.15. The molecule has 2 rings (SSSR count). The molecule has 0 bridgehead atoms. The fourth-order valence-electron chi connectivity index (χ4n) is 2.16. The number of hydrogen-bond acceptors (Lipinski definition) is 4. The normalized spacial score (nSPS) is 11.4. The van der Waals surface area contributed by atoms with Crippen molar-refractivity contribution in [3.05, 3.63) is 47.0 Å².